The highest BCUT2D eigenvalue weighted by molar-refractivity contribution is 5.92. The second kappa shape index (κ2) is 5.68. The maximum absolute atomic E-state index is 11.6. The van der Waals surface area contributed by atoms with Crippen LogP contribution in [0.4, 0.5) is 11.4 Å². The summed E-state index contributed by atoms with van der Waals surface area (Å²) in [5.41, 5.74) is 6.66. The molecule has 0 aromatic heterocycles. The number of nitrogens with two attached hydrogens (primary N) is 1. The van der Waals surface area contributed by atoms with Crippen molar-refractivity contribution >= 4 is 17.3 Å². The minimum atomic E-state index is -0.271. The Kier molecular flexibility index (Phi) is 4.52. The van der Waals surface area contributed by atoms with Gasteiger partial charge in [-0.15, -0.1) is 0 Å². The van der Waals surface area contributed by atoms with Gasteiger partial charge in [0.15, 0.2) is 0 Å². The van der Waals surface area contributed by atoms with Gasteiger partial charge < -0.3 is 15.8 Å². The zero-order chi connectivity index (χ0) is 12.9. The SMILES string of the molecule is CCC(C)(C)OCC(=O)Nc1cccc(N)c1. The van der Waals surface area contributed by atoms with E-state index in [4.69, 9.17) is 10.5 Å². The van der Waals surface area contributed by atoms with Gasteiger partial charge in [0.2, 0.25) is 5.91 Å². The van der Waals surface area contributed by atoms with E-state index in [9.17, 15) is 4.79 Å². The fraction of sp³-hybridized carbons (Fsp3) is 0.462. The van der Waals surface area contributed by atoms with Gasteiger partial charge in [0, 0.05) is 11.4 Å². The number of nitrogen functional groups attached to an aromatic ring is 1. The van der Waals surface area contributed by atoms with Crippen LogP contribution in [0, 0.1) is 0 Å². The summed E-state index contributed by atoms with van der Waals surface area (Å²) in [6.45, 7) is 5.99. The smallest absolute Gasteiger partial charge is 0.250 e. The standard InChI is InChI=1S/C13H20N2O2/c1-4-13(2,3)17-9-12(16)15-11-7-5-6-10(14)8-11/h5-8H,4,9,14H2,1-3H3,(H,15,16). The molecule has 0 fully saturated rings. The molecule has 0 spiro atoms. The average Bonchev–Trinajstić information content (AvgIpc) is 2.27. The Morgan fingerprint density at radius 2 is 2.18 bits per heavy atom. The van der Waals surface area contributed by atoms with E-state index in [2.05, 4.69) is 5.32 Å². The highest BCUT2D eigenvalue weighted by atomic mass is 16.5. The molecule has 0 radical (unpaired) electrons. The molecule has 4 nitrogen and oxygen atoms in total. The maximum Gasteiger partial charge on any atom is 0.250 e. The lowest BCUT2D eigenvalue weighted by Crippen LogP contribution is -2.29. The third kappa shape index (κ3) is 4.87. The Morgan fingerprint density at radius 3 is 2.76 bits per heavy atom. The number of rotatable bonds is 5. The molecular weight excluding hydrogens is 216 g/mol. The van der Waals surface area contributed by atoms with Gasteiger partial charge in [-0.25, -0.2) is 0 Å². The van der Waals surface area contributed by atoms with Crippen LogP contribution < -0.4 is 11.1 Å². The summed E-state index contributed by atoms with van der Waals surface area (Å²) < 4.78 is 5.50. The Hall–Kier alpha value is -1.55. The van der Waals surface area contributed by atoms with Gasteiger partial charge in [0.05, 0.1) is 5.60 Å². The highest BCUT2D eigenvalue weighted by Crippen LogP contribution is 2.14. The topological polar surface area (TPSA) is 64.3 Å². The normalized spacial score (nSPS) is 11.2. The largest absolute Gasteiger partial charge is 0.399 e. The molecule has 0 saturated carbocycles. The number of ether oxygens (including phenoxy) is 1. The molecule has 0 unspecified atom stereocenters. The van der Waals surface area contributed by atoms with E-state index in [0.717, 1.165) is 6.42 Å². The van der Waals surface area contributed by atoms with Gasteiger partial charge in [0.25, 0.3) is 0 Å². The van der Waals surface area contributed by atoms with Crippen molar-refractivity contribution in [1.29, 1.82) is 0 Å². The Bertz CT molecular complexity index is 389. The van der Waals surface area contributed by atoms with E-state index >= 15 is 0 Å². The summed E-state index contributed by atoms with van der Waals surface area (Å²) in [6.07, 6.45) is 0.860. The van der Waals surface area contributed by atoms with Crippen molar-refractivity contribution < 1.29 is 9.53 Å². The fourth-order valence-electron chi connectivity index (χ4n) is 1.18. The summed E-state index contributed by atoms with van der Waals surface area (Å²) in [4.78, 5) is 11.6. The first-order valence-corrected chi connectivity index (χ1v) is 5.72. The molecule has 1 amide bonds. The molecule has 0 aliphatic rings. The van der Waals surface area contributed by atoms with Gasteiger partial charge in [-0.3, -0.25) is 4.79 Å². The van der Waals surface area contributed by atoms with Crippen LogP contribution in [0.3, 0.4) is 0 Å². The number of carbonyl (C=O) groups excluding carboxylic acids is 1. The van der Waals surface area contributed by atoms with Gasteiger partial charge in [-0.2, -0.15) is 0 Å². The van der Waals surface area contributed by atoms with Crippen LogP contribution >= 0.6 is 0 Å². The highest BCUT2D eigenvalue weighted by Gasteiger charge is 2.17. The molecule has 4 heteroatoms. The van der Waals surface area contributed by atoms with Gasteiger partial charge in [-0.05, 0) is 38.5 Å². The van der Waals surface area contributed by atoms with Crippen molar-refractivity contribution in [3.63, 3.8) is 0 Å². The second-order valence-corrected chi connectivity index (χ2v) is 4.58. The van der Waals surface area contributed by atoms with Crippen LogP contribution in [-0.4, -0.2) is 18.1 Å². The first kappa shape index (κ1) is 13.5. The zero-order valence-electron chi connectivity index (χ0n) is 10.6. The van der Waals surface area contributed by atoms with Gasteiger partial charge >= 0.3 is 0 Å². The van der Waals surface area contributed by atoms with Gasteiger partial charge in [0.1, 0.15) is 6.61 Å². The summed E-state index contributed by atoms with van der Waals surface area (Å²) in [5, 5.41) is 2.74. The molecule has 1 aromatic rings. The van der Waals surface area contributed by atoms with E-state index in [1.54, 1.807) is 24.3 Å². The molecule has 94 valence electrons. The van der Waals surface area contributed by atoms with E-state index in [1.165, 1.54) is 0 Å². The summed E-state index contributed by atoms with van der Waals surface area (Å²) in [6, 6.07) is 7.07. The average molecular weight is 236 g/mol. The first-order valence-electron chi connectivity index (χ1n) is 5.72. The molecule has 3 N–H and O–H groups in total. The van der Waals surface area contributed by atoms with Crippen LogP contribution in [-0.2, 0) is 9.53 Å². The maximum atomic E-state index is 11.6. The van der Waals surface area contributed by atoms with Crippen LogP contribution in [0.25, 0.3) is 0 Å². The van der Waals surface area contributed by atoms with Crippen LogP contribution in [0.5, 0.6) is 0 Å². The summed E-state index contributed by atoms with van der Waals surface area (Å²) >= 11 is 0. The predicted octanol–water partition coefficient (Wildman–Crippen LogP) is 2.41. The minimum Gasteiger partial charge on any atom is -0.399 e. The van der Waals surface area contributed by atoms with Crippen LogP contribution in [0.2, 0.25) is 0 Å². The lowest BCUT2D eigenvalue weighted by molar-refractivity contribution is -0.126. The Labute approximate surface area is 102 Å². The number of nitrogens with one attached hydrogen (secondary N) is 1. The molecule has 0 aliphatic carbocycles. The van der Waals surface area contributed by atoms with Crippen molar-refractivity contribution in [3.8, 4) is 0 Å². The lowest BCUT2D eigenvalue weighted by atomic mass is 10.1. The van der Waals surface area contributed by atoms with Crippen molar-refractivity contribution in [2.45, 2.75) is 32.8 Å². The predicted molar refractivity (Wildman–Crippen MR) is 69.8 cm³/mol. The third-order valence-electron chi connectivity index (χ3n) is 2.62. The van der Waals surface area contributed by atoms with Crippen LogP contribution in [0.15, 0.2) is 24.3 Å². The molecule has 0 bridgehead atoms. The number of amides is 1. The Balaban J connectivity index is 2.45. The molecule has 1 rings (SSSR count). The van der Waals surface area contributed by atoms with Crippen molar-refractivity contribution in [3.05, 3.63) is 24.3 Å². The lowest BCUT2D eigenvalue weighted by Gasteiger charge is -2.22. The van der Waals surface area contributed by atoms with E-state index in [-0.39, 0.29) is 18.1 Å². The van der Waals surface area contributed by atoms with Gasteiger partial charge in [-0.1, -0.05) is 13.0 Å². The zero-order valence-corrected chi connectivity index (χ0v) is 10.6. The summed E-state index contributed by atoms with van der Waals surface area (Å²) in [7, 11) is 0. The van der Waals surface area contributed by atoms with Crippen LogP contribution in [0.1, 0.15) is 27.2 Å². The third-order valence-corrected chi connectivity index (χ3v) is 2.62. The fourth-order valence-corrected chi connectivity index (χ4v) is 1.18. The number of anilines is 2. The van der Waals surface area contributed by atoms with Crippen molar-refractivity contribution in [2.75, 3.05) is 17.7 Å². The quantitative estimate of drug-likeness (QED) is 0.772. The number of hydrogen-bond acceptors (Lipinski definition) is 3. The molecular formula is C13H20N2O2. The summed E-state index contributed by atoms with van der Waals surface area (Å²) in [5.74, 6) is -0.169. The molecule has 0 aliphatic heterocycles. The molecule has 0 heterocycles. The Morgan fingerprint density at radius 1 is 1.47 bits per heavy atom. The van der Waals surface area contributed by atoms with Crippen molar-refractivity contribution in [1.82, 2.24) is 0 Å². The van der Waals surface area contributed by atoms with E-state index < -0.39 is 0 Å². The number of benzene rings is 1. The van der Waals surface area contributed by atoms with E-state index in [1.807, 2.05) is 20.8 Å². The molecule has 1 aromatic carbocycles. The van der Waals surface area contributed by atoms with Crippen molar-refractivity contribution in [2.24, 2.45) is 0 Å². The monoisotopic (exact) mass is 236 g/mol. The molecule has 0 saturated heterocycles. The molecule has 0 atom stereocenters. The first-order chi connectivity index (χ1) is 7.93. The number of carbonyl (C=O) groups is 1. The number of hydrogen-bond donors (Lipinski definition) is 2. The van der Waals surface area contributed by atoms with E-state index in [0.29, 0.717) is 11.4 Å². The molecule has 17 heavy (non-hydrogen) atoms. The minimum absolute atomic E-state index is 0.0512. The second-order valence-electron chi connectivity index (χ2n) is 4.58.